The highest BCUT2D eigenvalue weighted by Crippen LogP contribution is 2.38. The summed E-state index contributed by atoms with van der Waals surface area (Å²) in [6.45, 7) is 1.49. The van der Waals surface area contributed by atoms with Crippen molar-refractivity contribution in [1.82, 2.24) is 19.4 Å². The van der Waals surface area contributed by atoms with Crippen LogP contribution in [0, 0.1) is 0 Å². The quantitative estimate of drug-likeness (QED) is 0.208. The molecule has 0 radical (unpaired) electrons. The number of hydrogen-bond acceptors (Lipinski definition) is 9. The molecule has 4 aromatic rings. The van der Waals surface area contributed by atoms with Gasteiger partial charge in [-0.15, -0.1) is 0 Å². The number of aryl methyl sites for hydroxylation is 1. The molecule has 11 heteroatoms. The molecule has 214 valence electrons. The SMILES string of the molecule is COC(=O)/C=C/C(=O)Nc1cc(Nc2nccc(-c3cn(C)c4ccccc34)n2)c(OC)cc1N(C)CCN(C)C. The highest BCUT2D eigenvalue weighted by atomic mass is 16.5. The van der Waals surface area contributed by atoms with Crippen LogP contribution in [0.4, 0.5) is 23.0 Å². The third kappa shape index (κ3) is 7.00. The molecule has 4 rings (SSSR count). The molecule has 0 saturated carbocycles. The first-order chi connectivity index (χ1) is 19.7. The first kappa shape index (κ1) is 29.1. The number of esters is 1. The predicted molar refractivity (Wildman–Crippen MR) is 162 cm³/mol. The molecule has 1 amide bonds. The van der Waals surface area contributed by atoms with Gasteiger partial charge < -0.3 is 34.5 Å². The van der Waals surface area contributed by atoms with Gasteiger partial charge in [0.2, 0.25) is 11.9 Å². The number of nitrogens with one attached hydrogen (secondary N) is 2. The fourth-order valence-electron chi connectivity index (χ4n) is 4.34. The van der Waals surface area contributed by atoms with Crippen molar-refractivity contribution in [2.24, 2.45) is 7.05 Å². The minimum Gasteiger partial charge on any atom is -0.494 e. The van der Waals surface area contributed by atoms with E-state index in [0.717, 1.165) is 46.5 Å². The Bertz CT molecular complexity index is 1580. The summed E-state index contributed by atoms with van der Waals surface area (Å²) in [5, 5.41) is 7.21. The van der Waals surface area contributed by atoms with Crippen LogP contribution in [0.3, 0.4) is 0 Å². The monoisotopic (exact) mass is 557 g/mol. The molecule has 0 aliphatic heterocycles. The number of hydrogen-bond donors (Lipinski definition) is 2. The van der Waals surface area contributed by atoms with Crippen LogP contribution >= 0.6 is 0 Å². The number of carbonyl (C=O) groups excluding carboxylic acids is 2. The zero-order chi connectivity index (χ0) is 29.5. The highest BCUT2D eigenvalue weighted by Gasteiger charge is 2.17. The number of aromatic nitrogens is 3. The second-order valence-electron chi connectivity index (χ2n) is 9.70. The van der Waals surface area contributed by atoms with Crippen LogP contribution in [0.15, 0.2) is 67.0 Å². The average Bonchev–Trinajstić information content (AvgIpc) is 3.31. The van der Waals surface area contributed by atoms with Gasteiger partial charge in [0.1, 0.15) is 5.75 Å². The molecule has 0 aliphatic rings. The molecule has 2 aromatic carbocycles. The van der Waals surface area contributed by atoms with Crippen molar-refractivity contribution in [2.45, 2.75) is 0 Å². The summed E-state index contributed by atoms with van der Waals surface area (Å²) in [4.78, 5) is 37.5. The lowest BCUT2D eigenvalue weighted by Gasteiger charge is -2.26. The summed E-state index contributed by atoms with van der Waals surface area (Å²) in [6.07, 6.45) is 5.94. The molecule has 0 saturated heterocycles. The number of anilines is 4. The van der Waals surface area contributed by atoms with E-state index in [4.69, 9.17) is 9.72 Å². The average molecular weight is 558 g/mol. The number of methoxy groups -OCH3 is 2. The maximum Gasteiger partial charge on any atom is 0.330 e. The van der Waals surface area contributed by atoms with Gasteiger partial charge in [-0.2, -0.15) is 0 Å². The van der Waals surface area contributed by atoms with Crippen molar-refractivity contribution in [3.8, 4) is 17.0 Å². The number of rotatable bonds is 11. The van der Waals surface area contributed by atoms with Crippen molar-refractivity contribution in [3.05, 3.63) is 67.0 Å². The van der Waals surface area contributed by atoms with Crippen LogP contribution in [0.2, 0.25) is 0 Å². The van der Waals surface area contributed by atoms with E-state index in [0.29, 0.717) is 29.6 Å². The second-order valence-corrected chi connectivity index (χ2v) is 9.70. The molecular formula is C30H35N7O4. The Morgan fingerprint density at radius 1 is 1.02 bits per heavy atom. The summed E-state index contributed by atoms with van der Waals surface area (Å²) in [5.74, 6) is -0.198. The van der Waals surface area contributed by atoms with Gasteiger partial charge in [0.25, 0.3) is 0 Å². The molecule has 0 fully saturated rings. The van der Waals surface area contributed by atoms with Crippen LogP contribution in [0.1, 0.15) is 0 Å². The second kappa shape index (κ2) is 13.0. The van der Waals surface area contributed by atoms with Gasteiger partial charge in [0.05, 0.1) is 37.0 Å². The fraction of sp³-hybridized carbons (Fsp3) is 0.267. The third-order valence-corrected chi connectivity index (χ3v) is 6.52. The normalized spacial score (nSPS) is 11.2. The topological polar surface area (TPSA) is 114 Å². The Kier molecular flexibility index (Phi) is 9.20. The molecule has 11 nitrogen and oxygen atoms in total. The summed E-state index contributed by atoms with van der Waals surface area (Å²) in [5.41, 5.74) is 4.66. The first-order valence-electron chi connectivity index (χ1n) is 13.0. The van der Waals surface area contributed by atoms with E-state index >= 15 is 0 Å². The number of benzene rings is 2. The van der Waals surface area contributed by atoms with E-state index in [1.54, 1.807) is 19.4 Å². The van der Waals surface area contributed by atoms with Gasteiger partial charge in [-0.1, -0.05) is 18.2 Å². The number of carbonyl (C=O) groups is 2. The molecule has 0 atom stereocenters. The molecule has 0 spiro atoms. The van der Waals surface area contributed by atoms with E-state index in [1.807, 2.05) is 63.6 Å². The Labute approximate surface area is 239 Å². The fourth-order valence-corrected chi connectivity index (χ4v) is 4.34. The van der Waals surface area contributed by atoms with Gasteiger partial charge in [-0.3, -0.25) is 4.79 Å². The lowest BCUT2D eigenvalue weighted by molar-refractivity contribution is -0.135. The number of ether oxygens (including phenoxy) is 2. The third-order valence-electron chi connectivity index (χ3n) is 6.52. The van der Waals surface area contributed by atoms with Gasteiger partial charge in [-0.05, 0) is 32.3 Å². The van der Waals surface area contributed by atoms with Crippen molar-refractivity contribution >= 4 is 45.8 Å². The number of nitrogens with zero attached hydrogens (tertiary/aromatic N) is 5. The van der Waals surface area contributed by atoms with E-state index in [1.165, 1.54) is 7.11 Å². The van der Waals surface area contributed by atoms with Crippen LogP contribution in [0.25, 0.3) is 22.2 Å². The number of fused-ring (bicyclic) bond motifs is 1. The molecule has 0 bridgehead atoms. The lowest BCUT2D eigenvalue weighted by atomic mass is 10.1. The van der Waals surface area contributed by atoms with Gasteiger partial charge >= 0.3 is 5.97 Å². The molecular weight excluding hydrogens is 522 g/mol. The predicted octanol–water partition coefficient (Wildman–Crippen LogP) is 4.05. The molecule has 2 N–H and O–H groups in total. The van der Waals surface area contributed by atoms with Crippen molar-refractivity contribution in [2.75, 3.05) is 64.0 Å². The molecule has 0 unspecified atom stereocenters. The summed E-state index contributed by atoms with van der Waals surface area (Å²) >= 11 is 0. The number of likely N-dealkylation sites (N-methyl/N-ethyl adjacent to an activating group) is 2. The van der Waals surface area contributed by atoms with Crippen LogP contribution in [-0.2, 0) is 21.4 Å². The number of amides is 1. The Morgan fingerprint density at radius 3 is 2.54 bits per heavy atom. The summed E-state index contributed by atoms with van der Waals surface area (Å²) in [7, 11) is 10.8. The summed E-state index contributed by atoms with van der Waals surface area (Å²) < 4.78 is 12.4. The smallest absolute Gasteiger partial charge is 0.330 e. The Balaban J connectivity index is 1.70. The van der Waals surface area contributed by atoms with E-state index in [9.17, 15) is 9.59 Å². The van der Waals surface area contributed by atoms with Crippen LogP contribution in [-0.4, -0.2) is 79.8 Å². The zero-order valence-corrected chi connectivity index (χ0v) is 24.1. The molecule has 0 aliphatic carbocycles. The number of para-hydroxylation sites is 1. The first-order valence-corrected chi connectivity index (χ1v) is 13.0. The lowest BCUT2D eigenvalue weighted by Crippen LogP contribution is -2.29. The van der Waals surface area contributed by atoms with Gasteiger partial charge in [-0.25, -0.2) is 14.8 Å². The maximum atomic E-state index is 12.7. The van der Waals surface area contributed by atoms with Crippen LogP contribution in [0.5, 0.6) is 5.75 Å². The van der Waals surface area contributed by atoms with Crippen molar-refractivity contribution in [1.29, 1.82) is 0 Å². The minimum absolute atomic E-state index is 0.366. The van der Waals surface area contributed by atoms with E-state index in [2.05, 4.69) is 42.0 Å². The van der Waals surface area contributed by atoms with Gasteiger partial charge in [0.15, 0.2) is 0 Å². The van der Waals surface area contributed by atoms with Gasteiger partial charge in [0, 0.05) is 74.3 Å². The molecule has 2 aromatic heterocycles. The van der Waals surface area contributed by atoms with Crippen molar-refractivity contribution in [3.63, 3.8) is 0 Å². The van der Waals surface area contributed by atoms with E-state index in [-0.39, 0.29) is 0 Å². The standard InChI is InChI=1S/C30H35N7O4/c1-35(2)15-16-36(3)26-18-27(40-5)24(17-23(26)32-28(38)11-12-29(39)41-6)34-30-31-14-13-22(33-30)21-19-37(4)25-10-8-7-9-20(21)25/h7-14,17-19H,15-16H2,1-6H3,(H,32,38)(H,31,33,34)/b12-11+. The van der Waals surface area contributed by atoms with Crippen molar-refractivity contribution < 1.29 is 19.1 Å². The van der Waals surface area contributed by atoms with E-state index < -0.39 is 11.9 Å². The maximum absolute atomic E-state index is 12.7. The Hall–Kier alpha value is -4.90. The Morgan fingerprint density at radius 2 is 1.80 bits per heavy atom. The van der Waals surface area contributed by atoms with Crippen LogP contribution < -0.4 is 20.3 Å². The largest absolute Gasteiger partial charge is 0.494 e. The molecule has 41 heavy (non-hydrogen) atoms. The zero-order valence-electron chi connectivity index (χ0n) is 24.1. The minimum atomic E-state index is -0.621. The summed E-state index contributed by atoms with van der Waals surface area (Å²) in [6, 6.07) is 13.6. The molecule has 2 heterocycles. The highest BCUT2D eigenvalue weighted by molar-refractivity contribution is 6.05.